The molecule has 0 rings (SSSR count). The van der Waals surface area contributed by atoms with Gasteiger partial charge in [-0.2, -0.15) is 0 Å². The van der Waals surface area contributed by atoms with Crippen LogP contribution in [-0.2, 0) is 57.2 Å². The zero-order valence-corrected chi connectivity index (χ0v) is 27.5. The minimum atomic E-state index is -0.271. The summed E-state index contributed by atoms with van der Waals surface area (Å²) in [5.41, 5.74) is 0. The van der Waals surface area contributed by atoms with Crippen LogP contribution in [0, 0.1) is 0 Å². The van der Waals surface area contributed by atoms with Gasteiger partial charge in [0.25, 0.3) is 0 Å². The van der Waals surface area contributed by atoms with Gasteiger partial charge in [0, 0.05) is 40.0 Å². The number of methoxy groups -OCH3 is 4. The lowest BCUT2D eigenvalue weighted by Crippen LogP contribution is -2.08. The molecule has 0 aliphatic heterocycles. The maximum Gasteiger partial charge on any atom is 0.305 e. The number of hydrogen-bond donors (Lipinski definition) is 0. The number of hydrogen-bond acceptors (Lipinski definition) is 12. The molecule has 12 nitrogen and oxygen atoms in total. The fourth-order valence-corrected chi connectivity index (χ4v) is 3.81. The van der Waals surface area contributed by atoms with E-state index in [2.05, 4.69) is 18.9 Å². The van der Waals surface area contributed by atoms with Gasteiger partial charge in [-0.1, -0.05) is 33.1 Å². The van der Waals surface area contributed by atoms with Gasteiger partial charge in [0.05, 0.1) is 41.7 Å². The van der Waals surface area contributed by atoms with E-state index in [1.54, 1.807) is 0 Å². The van der Waals surface area contributed by atoms with Crippen LogP contribution in [0.5, 0.6) is 0 Å². The number of ether oxygens (including phenoxy) is 6. The lowest BCUT2D eigenvalue weighted by molar-refractivity contribution is -0.146. The van der Waals surface area contributed by atoms with Crippen molar-refractivity contribution in [3.63, 3.8) is 0 Å². The lowest BCUT2D eigenvalue weighted by atomic mass is 10.1. The Hall–Kier alpha value is -3.18. The summed E-state index contributed by atoms with van der Waals surface area (Å²) in [5.74, 6) is -1.27. The summed E-state index contributed by atoms with van der Waals surface area (Å²) in [7, 11) is 5.55. The summed E-state index contributed by atoms with van der Waals surface area (Å²) in [6.07, 6.45) is 14.1. The predicted molar refractivity (Wildman–Crippen MR) is 171 cm³/mol. The van der Waals surface area contributed by atoms with Gasteiger partial charge < -0.3 is 28.4 Å². The molecule has 12 heteroatoms. The van der Waals surface area contributed by atoms with Crippen molar-refractivity contribution < 1.29 is 58.6 Å². The van der Waals surface area contributed by atoms with Gasteiger partial charge in [-0.05, 0) is 64.2 Å². The summed E-state index contributed by atoms with van der Waals surface area (Å²) in [4.78, 5) is 66.6. The van der Waals surface area contributed by atoms with Crippen LogP contribution in [0.25, 0.3) is 0 Å². The van der Waals surface area contributed by atoms with Crippen molar-refractivity contribution in [2.75, 3.05) is 41.7 Å². The van der Waals surface area contributed by atoms with Gasteiger partial charge >= 0.3 is 35.8 Å². The zero-order chi connectivity index (χ0) is 33.3. The van der Waals surface area contributed by atoms with Gasteiger partial charge in [-0.25, -0.2) is 0 Å². The Morgan fingerprint density at radius 3 is 0.800 bits per heavy atom. The molecule has 0 bridgehead atoms. The molecule has 0 N–H and O–H groups in total. The first-order valence-corrected chi connectivity index (χ1v) is 15.8. The third kappa shape index (κ3) is 36.9. The molecule has 0 unspecified atom stereocenters. The van der Waals surface area contributed by atoms with E-state index in [0.717, 1.165) is 64.2 Å². The first kappa shape index (κ1) is 46.2. The highest BCUT2D eigenvalue weighted by atomic mass is 16.5. The minimum Gasteiger partial charge on any atom is -0.469 e. The monoisotopic (exact) mass is 651 g/mol. The number of esters is 6. The van der Waals surface area contributed by atoms with Gasteiger partial charge in [0.15, 0.2) is 0 Å². The Morgan fingerprint density at radius 1 is 0.333 bits per heavy atom. The predicted octanol–water partition coefficient (Wildman–Crippen LogP) is 6.44. The van der Waals surface area contributed by atoms with Gasteiger partial charge in [0.1, 0.15) is 0 Å². The van der Waals surface area contributed by atoms with Crippen LogP contribution in [-0.4, -0.2) is 77.5 Å². The second-order valence-corrected chi connectivity index (χ2v) is 10.2. The standard InChI is InChI=1S/C20H34O8.C12H22O4.CH4.H2/c1-25-17(21)11-5-3-9-15-27-19(23)13-7-8-14-20(24)28-16-10-4-6-12-18(22)26-2;1-15-11(13)9-7-5-3-4-6-8-10-12(14)16-2;;/h3-16H2,1-2H3;3-10H2,1-2H3;1H4;1H/i;;;1+1. The van der Waals surface area contributed by atoms with Crippen molar-refractivity contribution >= 4 is 35.8 Å². The zero-order valence-electron chi connectivity index (χ0n) is 27.5. The molecule has 0 fully saturated rings. The molecule has 0 atom stereocenters. The molecule has 0 aromatic carbocycles. The van der Waals surface area contributed by atoms with Crippen molar-refractivity contribution in [2.45, 2.75) is 136 Å². The SMILES string of the molecule is C.COC(=O)CCCCCCCCC(=O)OC.COC(=O)CCCCCOC(=O)CCCCC(=O)OCCCCCC(=O)OC.[2HH]. The molecule has 0 aromatic rings. The van der Waals surface area contributed by atoms with E-state index in [4.69, 9.17) is 9.47 Å². The van der Waals surface area contributed by atoms with E-state index in [-0.39, 0.29) is 57.5 Å². The first-order chi connectivity index (χ1) is 21.2. The Bertz CT molecular complexity index is 725. The molecule has 0 amide bonds. The second-order valence-electron chi connectivity index (χ2n) is 10.2. The van der Waals surface area contributed by atoms with Crippen molar-refractivity contribution in [1.82, 2.24) is 0 Å². The van der Waals surface area contributed by atoms with Crippen molar-refractivity contribution in [3.05, 3.63) is 0 Å². The lowest BCUT2D eigenvalue weighted by Gasteiger charge is -2.06. The smallest absolute Gasteiger partial charge is 0.305 e. The normalized spacial score (nSPS) is 9.87. The molecule has 0 heterocycles. The van der Waals surface area contributed by atoms with Crippen LogP contribution in [0.3, 0.4) is 0 Å². The van der Waals surface area contributed by atoms with Crippen molar-refractivity contribution in [2.24, 2.45) is 0 Å². The molecule has 45 heavy (non-hydrogen) atoms. The molecule has 266 valence electrons. The average Bonchev–Trinajstić information content (AvgIpc) is 3.03. The van der Waals surface area contributed by atoms with E-state index in [9.17, 15) is 28.8 Å². The minimum absolute atomic E-state index is 0. The quantitative estimate of drug-likeness (QED) is 0.0574. The van der Waals surface area contributed by atoms with E-state index >= 15 is 0 Å². The second kappa shape index (κ2) is 35.3. The summed E-state index contributed by atoms with van der Waals surface area (Å²) in [5, 5.41) is 0. The van der Waals surface area contributed by atoms with E-state index in [1.165, 1.54) is 28.4 Å². The largest absolute Gasteiger partial charge is 0.469 e. The molecular weight excluding hydrogens is 588 g/mol. The van der Waals surface area contributed by atoms with Crippen LogP contribution >= 0.6 is 0 Å². The van der Waals surface area contributed by atoms with Crippen LogP contribution < -0.4 is 0 Å². The Balaban J connectivity index is -0.000000420. The average molecular weight is 652 g/mol. The molecule has 0 saturated heterocycles. The van der Waals surface area contributed by atoms with Gasteiger partial charge in [0.2, 0.25) is 0 Å². The molecule has 0 radical (unpaired) electrons. The maximum atomic E-state index is 11.6. The summed E-state index contributed by atoms with van der Waals surface area (Å²) in [6, 6.07) is 0. The molecular formula is C33H62O12. The third-order valence-electron chi connectivity index (χ3n) is 6.51. The van der Waals surface area contributed by atoms with E-state index < -0.39 is 0 Å². The van der Waals surface area contributed by atoms with Crippen molar-refractivity contribution in [3.8, 4) is 0 Å². The summed E-state index contributed by atoms with van der Waals surface area (Å²) >= 11 is 0. The van der Waals surface area contributed by atoms with Crippen LogP contribution in [0.4, 0.5) is 0 Å². The molecule has 0 spiro atoms. The van der Waals surface area contributed by atoms with Gasteiger partial charge in [-0.3, -0.25) is 28.8 Å². The Morgan fingerprint density at radius 2 is 0.533 bits per heavy atom. The number of unbranched alkanes of at least 4 members (excludes halogenated alkanes) is 10. The van der Waals surface area contributed by atoms with E-state index in [0.29, 0.717) is 64.6 Å². The molecule has 0 aliphatic rings. The fraction of sp³-hybridized carbons (Fsp3) is 0.818. The van der Waals surface area contributed by atoms with Crippen LogP contribution in [0.15, 0.2) is 0 Å². The first-order valence-electron chi connectivity index (χ1n) is 15.8. The fourth-order valence-electron chi connectivity index (χ4n) is 3.81. The Kier molecular flexibility index (Phi) is 36.3. The molecule has 0 aliphatic carbocycles. The molecule has 0 aromatic heterocycles. The Labute approximate surface area is 272 Å². The number of carbonyl (C=O) groups excluding carboxylic acids is 6. The molecule has 0 saturated carbocycles. The van der Waals surface area contributed by atoms with Gasteiger partial charge in [-0.15, -0.1) is 0 Å². The van der Waals surface area contributed by atoms with E-state index in [1.807, 2.05) is 0 Å². The van der Waals surface area contributed by atoms with Crippen molar-refractivity contribution in [1.29, 1.82) is 0 Å². The highest BCUT2D eigenvalue weighted by Crippen LogP contribution is 2.09. The maximum absolute atomic E-state index is 11.6. The number of rotatable bonds is 26. The summed E-state index contributed by atoms with van der Waals surface area (Å²) in [6.45, 7) is 0.691. The third-order valence-corrected chi connectivity index (χ3v) is 6.51. The van der Waals surface area contributed by atoms with Crippen LogP contribution in [0.1, 0.15) is 137 Å². The number of carbonyl (C=O) groups is 6. The van der Waals surface area contributed by atoms with Crippen LogP contribution in [0.2, 0.25) is 0 Å². The highest BCUT2D eigenvalue weighted by molar-refractivity contribution is 5.71. The topological polar surface area (TPSA) is 158 Å². The summed E-state index contributed by atoms with van der Waals surface area (Å²) < 4.78 is 28.4. The highest BCUT2D eigenvalue weighted by Gasteiger charge is 2.07.